The van der Waals surface area contributed by atoms with Gasteiger partial charge in [-0.1, -0.05) is 26.3 Å². The number of hydrogen-bond donors (Lipinski definition) is 1. The van der Waals surface area contributed by atoms with Gasteiger partial charge in [-0.05, 0) is 36.8 Å². The van der Waals surface area contributed by atoms with E-state index in [1.54, 1.807) is 0 Å². The van der Waals surface area contributed by atoms with Crippen LogP contribution in [0.25, 0.3) is 0 Å². The minimum Gasteiger partial charge on any atom is -0.297 e. The van der Waals surface area contributed by atoms with Crippen LogP contribution in [0.3, 0.4) is 0 Å². The van der Waals surface area contributed by atoms with Crippen molar-refractivity contribution in [2.24, 2.45) is 5.92 Å². The quantitative estimate of drug-likeness (QED) is 0.715. The van der Waals surface area contributed by atoms with Gasteiger partial charge in [-0.15, -0.1) is 0 Å². The smallest absolute Gasteiger partial charge is 0.0543 e. The van der Waals surface area contributed by atoms with Crippen molar-refractivity contribution in [1.29, 1.82) is 0 Å². The van der Waals surface area contributed by atoms with E-state index < -0.39 is 0 Å². The van der Waals surface area contributed by atoms with E-state index in [1.807, 2.05) is 12.3 Å². The van der Waals surface area contributed by atoms with Gasteiger partial charge in [0.25, 0.3) is 0 Å². The molecule has 17 heavy (non-hydrogen) atoms. The molecule has 0 aliphatic rings. The first-order valence-corrected chi connectivity index (χ1v) is 7.16. The Bertz CT molecular complexity index is 290. The summed E-state index contributed by atoms with van der Waals surface area (Å²) in [5.41, 5.74) is 1.16. The topological polar surface area (TPSA) is 16.1 Å². The molecule has 1 unspecified atom stereocenters. The average molecular weight is 252 g/mol. The summed E-state index contributed by atoms with van der Waals surface area (Å²) < 4.78 is 0. The zero-order chi connectivity index (χ0) is 12.5. The number of pyridine rings is 1. The summed E-state index contributed by atoms with van der Waals surface area (Å²) in [6, 6.07) is 6.11. The van der Waals surface area contributed by atoms with Gasteiger partial charge >= 0.3 is 0 Å². The van der Waals surface area contributed by atoms with Gasteiger partial charge in [-0.2, -0.15) is 12.6 Å². The lowest BCUT2D eigenvalue weighted by Gasteiger charge is -2.25. The van der Waals surface area contributed by atoms with Crippen molar-refractivity contribution in [2.45, 2.75) is 33.2 Å². The summed E-state index contributed by atoms with van der Waals surface area (Å²) in [6.45, 7) is 7.61. The fraction of sp³-hybridized carbons (Fsp3) is 0.643. The van der Waals surface area contributed by atoms with Crippen molar-refractivity contribution in [1.82, 2.24) is 9.88 Å². The van der Waals surface area contributed by atoms with Crippen LogP contribution in [-0.4, -0.2) is 28.7 Å². The van der Waals surface area contributed by atoms with Crippen molar-refractivity contribution >= 4 is 12.6 Å². The predicted molar refractivity (Wildman–Crippen MR) is 77.4 cm³/mol. The van der Waals surface area contributed by atoms with Crippen LogP contribution in [0.2, 0.25) is 0 Å². The Morgan fingerprint density at radius 2 is 2.18 bits per heavy atom. The molecule has 1 atom stereocenters. The van der Waals surface area contributed by atoms with E-state index in [0.29, 0.717) is 5.92 Å². The minimum atomic E-state index is 0.701. The van der Waals surface area contributed by atoms with Crippen molar-refractivity contribution in [2.75, 3.05) is 18.8 Å². The van der Waals surface area contributed by atoms with Crippen molar-refractivity contribution in [3.63, 3.8) is 0 Å². The standard InChI is InChI=1S/C14H24N2S/c1-3-7-13(12-17)10-16(4-2)11-14-8-5-6-9-15-14/h5-6,8-9,13,17H,3-4,7,10-12H2,1-2H3. The zero-order valence-electron chi connectivity index (χ0n) is 11.0. The van der Waals surface area contributed by atoms with Crippen LogP contribution < -0.4 is 0 Å². The van der Waals surface area contributed by atoms with E-state index >= 15 is 0 Å². The molecular weight excluding hydrogens is 228 g/mol. The summed E-state index contributed by atoms with van der Waals surface area (Å²) >= 11 is 4.45. The van der Waals surface area contributed by atoms with E-state index in [2.05, 4.69) is 48.5 Å². The molecule has 0 aliphatic carbocycles. The maximum atomic E-state index is 4.45. The highest BCUT2D eigenvalue weighted by Crippen LogP contribution is 2.12. The van der Waals surface area contributed by atoms with Gasteiger partial charge in [-0.3, -0.25) is 9.88 Å². The Labute approximate surface area is 111 Å². The summed E-state index contributed by atoms with van der Waals surface area (Å²) in [5.74, 6) is 1.68. The van der Waals surface area contributed by atoms with Gasteiger partial charge in [0, 0.05) is 19.3 Å². The third-order valence-corrected chi connectivity index (χ3v) is 3.55. The molecule has 1 rings (SSSR count). The van der Waals surface area contributed by atoms with Crippen LogP contribution in [0.1, 0.15) is 32.4 Å². The molecule has 96 valence electrons. The molecule has 0 bridgehead atoms. The molecule has 0 radical (unpaired) electrons. The van der Waals surface area contributed by atoms with Crippen molar-refractivity contribution < 1.29 is 0 Å². The van der Waals surface area contributed by atoms with Gasteiger partial charge < -0.3 is 0 Å². The van der Waals surface area contributed by atoms with Crippen LogP contribution in [0.5, 0.6) is 0 Å². The monoisotopic (exact) mass is 252 g/mol. The minimum absolute atomic E-state index is 0.701. The summed E-state index contributed by atoms with van der Waals surface area (Å²) in [4.78, 5) is 6.84. The molecular formula is C14H24N2S. The molecule has 1 aromatic heterocycles. The average Bonchev–Trinajstić information content (AvgIpc) is 2.38. The fourth-order valence-corrected chi connectivity index (χ4v) is 2.34. The second kappa shape index (κ2) is 8.54. The highest BCUT2D eigenvalue weighted by molar-refractivity contribution is 7.80. The molecule has 0 saturated heterocycles. The van der Waals surface area contributed by atoms with Gasteiger partial charge in [0.15, 0.2) is 0 Å². The van der Waals surface area contributed by atoms with E-state index in [4.69, 9.17) is 0 Å². The van der Waals surface area contributed by atoms with E-state index in [1.165, 1.54) is 12.8 Å². The molecule has 1 heterocycles. The second-order valence-corrected chi connectivity index (χ2v) is 4.85. The molecule has 1 aromatic rings. The lowest BCUT2D eigenvalue weighted by atomic mass is 10.1. The van der Waals surface area contributed by atoms with Gasteiger partial charge in [0.1, 0.15) is 0 Å². The highest BCUT2D eigenvalue weighted by atomic mass is 32.1. The Balaban J connectivity index is 2.48. The second-order valence-electron chi connectivity index (χ2n) is 4.49. The van der Waals surface area contributed by atoms with Gasteiger partial charge in [0.05, 0.1) is 5.69 Å². The highest BCUT2D eigenvalue weighted by Gasteiger charge is 2.11. The Kier molecular flexibility index (Phi) is 7.29. The van der Waals surface area contributed by atoms with Crippen molar-refractivity contribution in [3.8, 4) is 0 Å². The molecule has 0 aliphatic heterocycles. The fourth-order valence-electron chi connectivity index (χ4n) is 2.04. The summed E-state index contributed by atoms with van der Waals surface area (Å²) in [6.07, 6.45) is 4.37. The lowest BCUT2D eigenvalue weighted by Crippen LogP contribution is -2.30. The van der Waals surface area contributed by atoms with Crippen LogP contribution in [0.4, 0.5) is 0 Å². The SMILES string of the molecule is CCCC(CS)CN(CC)Cc1ccccn1. The maximum absolute atomic E-state index is 4.45. The van der Waals surface area contributed by atoms with Crippen LogP contribution in [-0.2, 0) is 6.54 Å². The molecule has 0 fully saturated rings. The maximum Gasteiger partial charge on any atom is 0.0543 e. The summed E-state index contributed by atoms with van der Waals surface area (Å²) in [7, 11) is 0. The predicted octanol–water partition coefficient (Wildman–Crippen LogP) is 3.25. The Hall–Kier alpha value is -0.540. The molecule has 0 spiro atoms. The number of nitrogens with zero attached hydrogens (tertiary/aromatic N) is 2. The van der Waals surface area contributed by atoms with E-state index in [-0.39, 0.29) is 0 Å². The summed E-state index contributed by atoms with van der Waals surface area (Å²) in [5, 5.41) is 0. The number of thiol groups is 1. The van der Waals surface area contributed by atoms with Crippen LogP contribution in [0.15, 0.2) is 24.4 Å². The van der Waals surface area contributed by atoms with Crippen LogP contribution in [0, 0.1) is 5.92 Å². The Morgan fingerprint density at radius 1 is 1.35 bits per heavy atom. The first kappa shape index (κ1) is 14.5. The van der Waals surface area contributed by atoms with E-state index in [9.17, 15) is 0 Å². The largest absolute Gasteiger partial charge is 0.297 e. The molecule has 0 saturated carbocycles. The van der Waals surface area contributed by atoms with E-state index in [0.717, 1.165) is 31.1 Å². The third-order valence-electron chi connectivity index (χ3n) is 3.03. The molecule has 3 heteroatoms. The number of aromatic nitrogens is 1. The number of hydrogen-bond acceptors (Lipinski definition) is 3. The third kappa shape index (κ3) is 5.55. The molecule has 2 nitrogen and oxygen atoms in total. The first-order chi connectivity index (χ1) is 8.30. The van der Waals surface area contributed by atoms with Crippen LogP contribution >= 0.6 is 12.6 Å². The molecule has 0 amide bonds. The Morgan fingerprint density at radius 3 is 2.71 bits per heavy atom. The zero-order valence-corrected chi connectivity index (χ0v) is 11.9. The first-order valence-electron chi connectivity index (χ1n) is 6.53. The van der Waals surface area contributed by atoms with Gasteiger partial charge in [0.2, 0.25) is 0 Å². The number of rotatable bonds is 8. The lowest BCUT2D eigenvalue weighted by molar-refractivity contribution is 0.234. The van der Waals surface area contributed by atoms with Crippen molar-refractivity contribution in [3.05, 3.63) is 30.1 Å². The normalized spacial score (nSPS) is 12.9. The molecule has 0 aromatic carbocycles. The van der Waals surface area contributed by atoms with Gasteiger partial charge in [-0.25, -0.2) is 0 Å². The molecule has 0 N–H and O–H groups in total.